The van der Waals surface area contributed by atoms with Gasteiger partial charge in [-0.3, -0.25) is 18.7 Å². The molecular formula is C16H32N6OP2. The molecular weight excluding hydrogens is 354 g/mol. The minimum Gasteiger partial charge on any atom is -0.454 e. The van der Waals surface area contributed by atoms with Gasteiger partial charge in [0.05, 0.1) is 11.4 Å². The Bertz CT molecular complexity index is 543. The summed E-state index contributed by atoms with van der Waals surface area (Å²) < 4.78 is 24.1. The average Bonchev–Trinajstić information content (AvgIpc) is 2.98. The second-order valence-electron chi connectivity index (χ2n) is 6.46. The summed E-state index contributed by atoms with van der Waals surface area (Å²) in [5, 5.41) is 0. The summed E-state index contributed by atoms with van der Waals surface area (Å²) in [6.07, 6.45) is 0. The van der Waals surface area contributed by atoms with Gasteiger partial charge in [-0.05, 0) is 82.4 Å². The molecule has 0 bridgehead atoms. The largest absolute Gasteiger partial charge is 0.454 e. The maximum atomic E-state index is 6.01. The lowest BCUT2D eigenvalue weighted by molar-refractivity contribution is 0.546. The summed E-state index contributed by atoms with van der Waals surface area (Å²) >= 11 is 0. The molecule has 142 valence electrons. The van der Waals surface area contributed by atoms with Crippen LogP contribution in [0.25, 0.3) is 0 Å². The lowest BCUT2D eigenvalue weighted by Gasteiger charge is -2.25. The first-order valence-corrected chi connectivity index (χ1v) is 10.4. The Morgan fingerprint density at radius 2 is 0.960 bits per heavy atom. The van der Waals surface area contributed by atoms with Gasteiger partial charge >= 0.3 is 0 Å². The molecule has 1 heterocycles. The van der Waals surface area contributed by atoms with Crippen molar-refractivity contribution in [2.45, 2.75) is 13.8 Å². The molecule has 0 saturated carbocycles. The monoisotopic (exact) mass is 386 g/mol. The first-order valence-electron chi connectivity index (χ1n) is 8.04. The van der Waals surface area contributed by atoms with E-state index in [0.29, 0.717) is 0 Å². The molecule has 0 radical (unpaired) electrons. The molecule has 9 heteroatoms. The van der Waals surface area contributed by atoms with Crippen molar-refractivity contribution in [3.8, 4) is 0 Å². The third-order valence-corrected chi connectivity index (χ3v) is 7.05. The Morgan fingerprint density at radius 1 is 0.680 bits per heavy atom. The van der Waals surface area contributed by atoms with Crippen LogP contribution in [0.2, 0.25) is 0 Å². The molecule has 25 heavy (non-hydrogen) atoms. The van der Waals surface area contributed by atoms with E-state index in [4.69, 9.17) is 13.9 Å². The van der Waals surface area contributed by atoms with Crippen molar-refractivity contribution >= 4 is 28.2 Å². The number of hydrogen-bond donors (Lipinski definition) is 0. The van der Waals surface area contributed by atoms with Gasteiger partial charge in [0.1, 0.15) is 11.5 Å². The van der Waals surface area contributed by atoms with Crippen molar-refractivity contribution in [2.75, 3.05) is 56.4 Å². The van der Waals surface area contributed by atoms with E-state index < -0.39 is 16.7 Å². The summed E-state index contributed by atoms with van der Waals surface area (Å²) in [7, 11) is 14.9. The highest BCUT2D eigenvalue weighted by Gasteiger charge is 2.17. The second-order valence-corrected chi connectivity index (χ2v) is 11.1. The normalized spacial score (nSPS) is 14.2. The molecule has 0 aromatic carbocycles. The van der Waals surface area contributed by atoms with Gasteiger partial charge in [-0.15, -0.1) is 0 Å². The highest BCUT2D eigenvalue weighted by Crippen LogP contribution is 2.42. The van der Waals surface area contributed by atoms with Gasteiger partial charge in [0.2, 0.25) is 0 Å². The van der Waals surface area contributed by atoms with Crippen LogP contribution in [0.5, 0.6) is 0 Å². The zero-order valence-electron chi connectivity index (χ0n) is 17.1. The predicted octanol–water partition coefficient (Wildman–Crippen LogP) is 3.60. The maximum Gasteiger partial charge on any atom is 0.168 e. The summed E-state index contributed by atoms with van der Waals surface area (Å²) in [4.78, 5) is 0. The van der Waals surface area contributed by atoms with Gasteiger partial charge in [-0.25, -0.2) is 9.53 Å². The van der Waals surface area contributed by atoms with Crippen LogP contribution in [-0.2, 0) is 0 Å². The zero-order chi connectivity index (χ0) is 19.3. The number of hydrogen-bond acceptors (Lipinski definition) is 7. The Balaban J connectivity index is 3.05. The van der Waals surface area contributed by atoms with Gasteiger partial charge in [0.25, 0.3) is 0 Å². The number of furan rings is 1. The van der Waals surface area contributed by atoms with E-state index in [0.717, 1.165) is 22.9 Å². The maximum absolute atomic E-state index is 6.01. The van der Waals surface area contributed by atoms with Crippen molar-refractivity contribution in [3.05, 3.63) is 23.7 Å². The number of nitrogens with zero attached hydrogens (tertiary/aromatic N) is 6. The first-order chi connectivity index (χ1) is 11.5. The molecule has 0 aliphatic heterocycles. The predicted molar refractivity (Wildman–Crippen MR) is 112 cm³/mol. The Kier molecular flexibility index (Phi) is 8.82. The van der Waals surface area contributed by atoms with Crippen molar-refractivity contribution < 1.29 is 4.42 Å². The Morgan fingerprint density at radius 3 is 1.20 bits per heavy atom. The molecule has 0 fully saturated rings. The highest BCUT2D eigenvalue weighted by atomic mass is 31.2. The van der Waals surface area contributed by atoms with Crippen molar-refractivity contribution in [1.82, 2.24) is 18.7 Å². The van der Waals surface area contributed by atoms with Crippen molar-refractivity contribution in [3.63, 3.8) is 0 Å². The zero-order valence-corrected chi connectivity index (χ0v) is 18.9. The lowest BCUT2D eigenvalue weighted by Crippen LogP contribution is -2.16. The standard InChI is InChI=1S/C16H32N6OP2/c1-13(17-24(19(3)4)20(5)6)15-11-12-16(23-15)14(2)18-25(21(7)8)22(9)10/h11-12H,1-10H3/b17-13-,18-14+. The topological polar surface area (TPSA) is 50.8 Å². The van der Waals surface area contributed by atoms with Crippen LogP contribution in [0.1, 0.15) is 25.4 Å². The molecule has 0 saturated heterocycles. The summed E-state index contributed by atoms with van der Waals surface area (Å²) in [5.41, 5.74) is 1.80. The summed E-state index contributed by atoms with van der Waals surface area (Å²) in [6.45, 7) is 3.98. The van der Waals surface area contributed by atoms with E-state index in [9.17, 15) is 0 Å². The Labute approximate surface area is 155 Å². The van der Waals surface area contributed by atoms with Gasteiger partial charge in [0.15, 0.2) is 16.7 Å². The fraction of sp³-hybridized carbons (Fsp3) is 0.625. The molecule has 0 spiro atoms. The van der Waals surface area contributed by atoms with E-state index in [1.54, 1.807) is 0 Å². The summed E-state index contributed by atoms with van der Waals surface area (Å²) in [6, 6.07) is 3.94. The summed E-state index contributed by atoms with van der Waals surface area (Å²) in [5.74, 6) is 1.58. The van der Waals surface area contributed by atoms with Crippen LogP contribution in [-0.4, -0.2) is 86.5 Å². The molecule has 1 rings (SSSR count). The number of rotatable bonds is 8. The van der Waals surface area contributed by atoms with Gasteiger partial charge in [0, 0.05) is 0 Å². The van der Waals surface area contributed by atoms with Crippen molar-refractivity contribution in [1.29, 1.82) is 0 Å². The van der Waals surface area contributed by atoms with E-state index in [1.165, 1.54) is 0 Å². The van der Waals surface area contributed by atoms with Gasteiger partial charge < -0.3 is 4.42 Å². The van der Waals surface area contributed by atoms with Crippen LogP contribution in [0.3, 0.4) is 0 Å². The molecule has 0 atom stereocenters. The third-order valence-electron chi connectivity index (χ3n) is 3.23. The SMILES string of the molecule is C/C(=N/P(N(C)C)N(C)C)c1ccc(/C(C)=N/P(N(C)C)N(C)C)o1. The minimum absolute atomic E-state index is 0.725. The van der Waals surface area contributed by atoms with Crippen LogP contribution in [0.15, 0.2) is 26.1 Å². The smallest absolute Gasteiger partial charge is 0.168 e. The minimum atomic E-state index is -0.725. The van der Waals surface area contributed by atoms with Crippen LogP contribution < -0.4 is 0 Å². The van der Waals surface area contributed by atoms with Crippen LogP contribution >= 0.6 is 16.7 Å². The van der Waals surface area contributed by atoms with Crippen molar-refractivity contribution in [2.24, 2.45) is 9.53 Å². The van der Waals surface area contributed by atoms with E-state index in [1.807, 2.05) is 82.4 Å². The highest BCUT2D eigenvalue weighted by molar-refractivity contribution is 7.51. The molecule has 0 aliphatic carbocycles. The fourth-order valence-corrected chi connectivity index (χ4v) is 5.05. The molecule has 1 aromatic heterocycles. The lowest BCUT2D eigenvalue weighted by atomic mass is 10.3. The molecule has 1 aromatic rings. The van der Waals surface area contributed by atoms with E-state index in [-0.39, 0.29) is 0 Å². The van der Waals surface area contributed by atoms with Gasteiger partial charge in [-0.2, -0.15) is 0 Å². The second kappa shape index (κ2) is 9.86. The average molecular weight is 386 g/mol. The van der Waals surface area contributed by atoms with Gasteiger partial charge in [-0.1, -0.05) is 0 Å². The molecule has 0 unspecified atom stereocenters. The molecule has 0 amide bonds. The first kappa shape index (κ1) is 22.4. The van der Waals surface area contributed by atoms with E-state index >= 15 is 0 Å². The quantitative estimate of drug-likeness (QED) is 0.505. The Hall–Kier alpha value is -0.680. The van der Waals surface area contributed by atoms with Crippen LogP contribution in [0, 0.1) is 0 Å². The third kappa shape index (κ3) is 6.52. The fourth-order valence-electron chi connectivity index (χ4n) is 2.17. The van der Waals surface area contributed by atoms with E-state index in [2.05, 4.69) is 18.7 Å². The molecule has 7 nitrogen and oxygen atoms in total. The molecule has 0 aliphatic rings. The van der Waals surface area contributed by atoms with Crippen LogP contribution in [0.4, 0.5) is 0 Å². The molecule has 0 N–H and O–H groups in total.